The summed E-state index contributed by atoms with van der Waals surface area (Å²) in [7, 11) is -4.10. The Morgan fingerprint density at radius 1 is 1.10 bits per heavy atom. The van der Waals surface area contributed by atoms with E-state index in [9.17, 15) is 31.7 Å². The molecule has 0 saturated carbocycles. The zero-order chi connectivity index (χ0) is 21.2. The molecule has 29 heavy (non-hydrogen) atoms. The standard InChI is InChI=1S/C17H15F3N2O5S2/c18-17(19,20)12-2-1-3-14(10-12)28-15-5-4-13(22(23)24)11-16(15)29(25,26)21-6-8-27-9-7-21/h1-5,10-11H,6-9H2. The first kappa shape index (κ1) is 21.6. The summed E-state index contributed by atoms with van der Waals surface area (Å²) < 4.78 is 71.3. The van der Waals surface area contributed by atoms with E-state index in [1.807, 2.05) is 0 Å². The van der Waals surface area contributed by atoms with Crippen LogP contribution in [0.15, 0.2) is 57.2 Å². The van der Waals surface area contributed by atoms with Crippen LogP contribution in [-0.4, -0.2) is 43.9 Å². The molecular formula is C17H15F3N2O5S2. The molecular weight excluding hydrogens is 433 g/mol. The molecule has 1 heterocycles. The summed E-state index contributed by atoms with van der Waals surface area (Å²) in [6.07, 6.45) is -4.55. The lowest BCUT2D eigenvalue weighted by Crippen LogP contribution is -2.40. The zero-order valence-corrected chi connectivity index (χ0v) is 16.4. The van der Waals surface area contributed by atoms with Crippen molar-refractivity contribution in [1.82, 2.24) is 4.31 Å². The predicted molar refractivity (Wildman–Crippen MR) is 98.2 cm³/mol. The maximum atomic E-state index is 13.1. The Morgan fingerprint density at radius 3 is 2.41 bits per heavy atom. The molecule has 0 atom stereocenters. The number of nitro groups is 1. The molecule has 1 aliphatic heterocycles. The minimum absolute atomic E-state index is 0.0820. The highest BCUT2D eigenvalue weighted by molar-refractivity contribution is 8.00. The van der Waals surface area contributed by atoms with Gasteiger partial charge >= 0.3 is 6.18 Å². The Balaban J connectivity index is 2.04. The van der Waals surface area contributed by atoms with Crippen LogP contribution in [0.25, 0.3) is 0 Å². The van der Waals surface area contributed by atoms with Crippen LogP contribution in [0, 0.1) is 10.1 Å². The van der Waals surface area contributed by atoms with Gasteiger partial charge in [0.15, 0.2) is 0 Å². The zero-order valence-electron chi connectivity index (χ0n) is 14.8. The van der Waals surface area contributed by atoms with Gasteiger partial charge in [0.25, 0.3) is 5.69 Å². The van der Waals surface area contributed by atoms with Gasteiger partial charge < -0.3 is 4.74 Å². The Hall–Kier alpha value is -2.15. The van der Waals surface area contributed by atoms with E-state index in [-0.39, 0.29) is 41.0 Å². The van der Waals surface area contributed by atoms with E-state index < -0.39 is 32.4 Å². The molecule has 0 spiro atoms. The van der Waals surface area contributed by atoms with Crippen LogP contribution in [0.1, 0.15) is 5.56 Å². The number of hydrogen-bond acceptors (Lipinski definition) is 6. The average molecular weight is 448 g/mol. The fourth-order valence-corrected chi connectivity index (χ4v) is 5.51. The van der Waals surface area contributed by atoms with Crippen LogP contribution in [0.3, 0.4) is 0 Å². The number of benzene rings is 2. The van der Waals surface area contributed by atoms with Crippen molar-refractivity contribution >= 4 is 27.5 Å². The quantitative estimate of drug-likeness (QED) is 0.511. The van der Waals surface area contributed by atoms with Crippen molar-refractivity contribution in [2.75, 3.05) is 26.3 Å². The van der Waals surface area contributed by atoms with Crippen molar-refractivity contribution < 1.29 is 31.2 Å². The van der Waals surface area contributed by atoms with Gasteiger partial charge in [-0.15, -0.1) is 0 Å². The highest BCUT2D eigenvalue weighted by Crippen LogP contribution is 2.38. The van der Waals surface area contributed by atoms with E-state index >= 15 is 0 Å². The molecule has 156 valence electrons. The summed E-state index contributed by atoms with van der Waals surface area (Å²) in [4.78, 5) is 10.3. The number of non-ortho nitro benzene ring substituents is 1. The van der Waals surface area contributed by atoms with Gasteiger partial charge in [-0.1, -0.05) is 17.8 Å². The molecule has 1 fully saturated rings. The molecule has 0 unspecified atom stereocenters. The number of morpholine rings is 1. The molecule has 12 heteroatoms. The van der Waals surface area contributed by atoms with Crippen LogP contribution in [0.4, 0.5) is 18.9 Å². The minimum atomic E-state index is -4.55. The molecule has 0 aliphatic carbocycles. The number of nitro benzene ring substituents is 1. The lowest BCUT2D eigenvalue weighted by molar-refractivity contribution is -0.385. The Bertz CT molecular complexity index is 1020. The summed E-state index contributed by atoms with van der Waals surface area (Å²) >= 11 is 0.796. The minimum Gasteiger partial charge on any atom is -0.379 e. The molecule has 0 radical (unpaired) electrons. The molecule has 7 nitrogen and oxygen atoms in total. The summed E-state index contributed by atoms with van der Waals surface area (Å²) in [6.45, 7) is 0.534. The fourth-order valence-electron chi connectivity index (χ4n) is 2.69. The SMILES string of the molecule is O=[N+]([O-])c1ccc(Sc2cccc(C(F)(F)F)c2)c(S(=O)(=O)N2CCOCC2)c1. The van der Waals surface area contributed by atoms with E-state index in [1.165, 1.54) is 18.2 Å². The molecule has 0 aromatic heterocycles. The monoisotopic (exact) mass is 448 g/mol. The first-order chi connectivity index (χ1) is 13.6. The lowest BCUT2D eigenvalue weighted by atomic mass is 10.2. The second-order valence-corrected chi connectivity index (χ2v) is 9.05. The molecule has 2 aromatic rings. The van der Waals surface area contributed by atoms with Gasteiger partial charge in [-0.05, 0) is 24.3 Å². The van der Waals surface area contributed by atoms with Gasteiger partial charge in [-0.25, -0.2) is 8.42 Å². The van der Waals surface area contributed by atoms with Crippen LogP contribution in [-0.2, 0) is 20.9 Å². The van der Waals surface area contributed by atoms with Gasteiger partial charge in [0.2, 0.25) is 10.0 Å². The van der Waals surface area contributed by atoms with Crippen molar-refractivity contribution in [3.05, 3.63) is 58.1 Å². The molecule has 1 saturated heterocycles. The topological polar surface area (TPSA) is 89.8 Å². The highest BCUT2D eigenvalue weighted by atomic mass is 32.2. The van der Waals surface area contributed by atoms with Crippen molar-refractivity contribution in [2.24, 2.45) is 0 Å². The maximum Gasteiger partial charge on any atom is 0.416 e. The molecule has 0 amide bonds. The summed E-state index contributed by atoms with van der Waals surface area (Å²) in [5.41, 5.74) is -1.30. The van der Waals surface area contributed by atoms with E-state index in [0.717, 1.165) is 40.3 Å². The van der Waals surface area contributed by atoms with Gasteiger partial charge in [-0.2, -0.15) is 17.5 Å². The van der Waals surface area contributed by atoms with Crippen molar-refractivity contribution in [2.45, 2.75) is 20.9 Å². The predicted octanol–water partition coefficient (Wildman–Crippen LogP) is 3.79. The van der Waals surface area contributed by atoms with E-state index in [0.29, 0.717) is 0 Å². The van der Waals surface area contributed by atoms with Crippen LogP contribution in [0.2, 0.25) is 0 Å². The Labute approximate surface area is 168 Å². The second-order valence-electron chi connectivity index (χ2n) is 6.03. The third-order valence-corrected chi connectivity index (χ3v) is 7.25. The van der Waals surface area contributed by atoms with Crippen LogP contribution < -0.4 is 0 Å². The Morgan fingerprint density at radius 2 is 1.79 bits per heavy atom. The Kier molecular flexibility index (Phi) is 6.17. The number of halogens is 3. The van der Waals surface area contributed by atoms with Crippen molar-refractivity contribution in [3.8, 4) is 0 Å². The van der Waals surface area contributed by atoms with Crippen molar-refractivity contribution in [3.63, 3.8) is 0 Å². The third-order valence-electron chi connectivity index (χ3n) is 4.12. The summed E-state index contributed by atoms with van der Waals surface area (Å²) in [6, 6.07) is 7.72. The van der Waals surface area contributed by atoms with Crippen LogP contribution >= 0.6 is 11.8 Å². The number of sulfonamides is 1. The lowest BCUT2D eigenvalue weighted by Gasteiger charge is -2.26. The van der Waals surface area contributed by atoms with Crippen molar-refractivity contribution in [1.29, 1.82) is 0 Å². The molecule has 2 aromatic carbocycles. The first-order valence-corrected chi connectivity index (χ1v) is 10.6. The van der Waals surface area contributed by atoms with E-state index in [2.05, 4.69) is 0 Å². The number of hydrogen-bond donors (Lipinski definition) is 0. The molecule has 0 bridgehead atoms. The van der Waals surface area contributed by atoms with Crippen LogP contribution in [0.5, 0.6) is 0 Å². The largest absolute Gasteiger partial charge is 0.416 e. The van der Waals surface area contributed by atoms with E-state index in [4.69, 9.17) is 4.74 Å². The van der Waals surface area contributed by atoms with Gasteiger partial charge in [0, 0.05) is 35.0 Å². The van der Waals surface area contributed by atoms with Gasteiger partial charge in [0.05, 0.1) is 23.7 Å². The number of ether oxygens (including phenoxy) is 1. The smallest absolute Gasteiger partial charge is 0.379 e. The molecule has 3 rings (SSSR count). The third kappa shape index (κ3) is 4.89. The van der Waals surface area contributed by atoms with Gasteiger partial charge in [0.1, 0.15) is 4.90 Å². The average Bonchev–Trinajstić information content (AvgIpc) is 2.68. The fraction of sp³-hybridized carbons (Fsp3) is 0.294. The summed E-state index contributed by atoms with van der Waals surface area (Å²) in [5, 5.41) is 11.1. The molecule has 1 aliphatic rings. The highest BCUT2D eigenvalue weighted by Gasteiger charge is 2.32. The first-order valence-electron chi connectivity index (χ1n) is 8.30. The normalized spacial score (nSPS) is 16.0. The van der Waals surface area contributed by atoms with E-state index in [1.54, 1.807) is 0 Å². The summed E-state index contributed by atoms with van der Waals surface area (Å²) in [5.74, 6) is 0. The number of nitrogens with zero attached hydrogens (tertiary/aromatic N) is 2. The molecule has 0 N–H and O–H groups in total. The number of alkyl halides is 3. The van der Waals surface area contributed by atoms with Gasteiger partial charge in [-0.3, -0.25) is 10.1 Å². The number of rotatable bonds is 5. The second kappa shape index (κ2) is 8.30. The maximum absolute atomic E-state index is 13.1.